The van der Waals surface area contributed by atoms with Crippen LogP contribution in [0.25, 0.3) is 0 Å². The highest BCUT2D eigenvalue weighted by atomic mass is 32.1. The molecule has 34 heavy (non-hydrogen) atoms. The lowest BCUT2D eigenvalue weighted by Crippen LogP contribution is -2.26. The molecule has 1 aliphatic heterocycles. The first-order valence-electron chi connectivity index (χ1n) is 10.7. The van der Waals surface area contributed by atoms with Gasteiger partial charge in [0.1, 0.15) is 11.5 Å². The minimum Gasteiger partial charge on any atom is -0.497 e. The van der Waals surface area contributed by atoms with E-state index in [2.05, 4.69) is 35.9 Å². The molecule has 1 saturated heterocycles. The van der Waals surface area contributed by atoms with Crippen LogP contribution in [0.15, 0.2) is 30.3 Å². The summed E-state index contributed by atoms with van der Waals surface area (Å²) in [6, 6.07) is 9.31. The number of hydrogen-bond donors (Lipinski definition) is 2. The fraction of sp³-hybridized carbons (Fsp3) is 0.409. The molecule has 0 aliphatic carbocycles. The molecule has 2 N–H and O–H groups in total. The van der Waals surface area contributed by atoms with Gasteiger partial charge in [-0.05, 0) is 43.2 Å². The van der Waals surface area contributed by atoms with Crippen LogP contribution in [0.3, 0.4) is 0 Å². The maximum Gasteiger partial charge on any atom is 0.259 e. The molecule has 1 fully saturated rings. The van der Waals surface area contributed by atoms with E-state index in [1.807, 2.05) is 19.1 Å². The van der Waals surface area contributed by atoms with E-state index in [9.17, 15) is 4.79 Å². The zero-order valence-electron chi connectivity index (χ0n) is 19.4. The van der Waals surface area contributed by atoms with Gasteiger partial charge in [-0.25, -0.2) is 0 Å². The molecule has 11 nitrogen and oxygen atoms in total. The summed E-state index contributed by atoms with van der Waals surface area (Å²) in [5.74, 6) is 1.62. The van der Waals surface area contributed by atoms with Crippen LogP contribution in [0, 0.1) is 6.92 Å². The first kappa shape index (κ1) is 23.6. The maximum atomic E-state index is 12.9. The van der Waals surface area contributed by atoms with Gasteiger partial charge in [-0.15, -0.1) is 15.3 Å². The summed E-state index contributed by atoms with van der Waals surface area (Å²) in [6.07, 6.45) is 0.0589. The Morgan fingerprint density at radius 3 is 2.44 bits per heavy atom. The topological polar surface area (TPSA) is 124 Å². The number of nitrogens with zero attached hydrogens (tertiary/aromatic N) is 5. The van der Waals surface area contributed by atoms with Crippen LogP contribution in [0.4, 0.5) is 16.1 Å². The van der Waals surface area contributed by atoms with Crippen molar-refractivity contribution < 1.29 is 19.0 Å². The van der Waals surface area contributed by atoms with Gasteiger partial charge in [-0.1, -0.05) is 11.3 Å². The fourth-order valence-corrected chi connectivity index (χ4v) is 4.42. The minimum absolute atomic E-state index is 0.190. The summed E-state index contributed by atoms with van der Waals surface area (Å²) in [7, 11) is 4.56. The average Bonchev–Trinajstić information content (AvgIpc) is 3.49. The van der Waals surface area contributed by atoms with Gasteiger partial charge in [0.05, 0.1) is 19.9 Å². The molecule has 3 aromatic rings. The minimum atomic E-state index is -0.872. The second-order valence-electron chi connectivity index (χ2n) is 7.77. The SMILES string of the molecule is COc1cc(OC)cc(C(OC)C(=O)Nc2nnc(NC3CCN(c4ccc(C)nn4)C3)s2)c1. The number of benzene rings is 1. The van der Waals surface area contributed by atoms with E-state index in [0.29, 0.717) is 27.3 Å². The van der Waals surface area contributed by atoms with Crippen LogP contribution in [0.2, 0.25) is 0 Å². The van der Waals surface area contributed by atoms with E-state index in [1.54, 1.807) is 32.4 Å². The molecule has 1 aromatic carbocycles. The van der Waals surface area contributed by atoms with Crippen LogP contribution >= 0.6 is 11.3 Å². The standard InChI is InChI=1S/C22H27N7O4S/c1-13-5-6-18(26-25-13)29-8-7-15(12-29)23-21-27-28-22(34-21)24-20(30)19(33-4)14-9-16(31-2)11-17(10-14)32-3/h5-6,9-11,15,19H,7-8,12H2,1-4H3,(H,23,27)(H,24,28,30). The molecule has 1 amide bonds. The Balaban J connectivity index is 1.37. The van der Waals surface area contributed by atoms with Crippen LogP contribution in [-0.2, 0) is 9.53 Å². The molecule has 2 atom stereocenters. The Morgan fingerprint density at radius 2 is 1.79 bits per heavy atom. The lowest BCUT2D eigenvalue weighted by molar-refractivity contribution is -0.126. The fourth-order valence-electron chi connectivity index (χ4n) is 3.70. The predicted octanol–water partition coefficient (Wildman–Crippen LogP) is 2.67. The number of hydrogen-bond acceptors (Lipinski definition) is 11. The van der Waals surface area contributed by atoms with Gasteiger partial charge in [0.2, 0.25) is 10.3 Å². The number of anilines is 3. The van der Waals surface area contributed by atoms with Gasteiger partial charge < -0.3 is 24.4 Å². The Labute approximate surface area is 201 Å². The second kappa shape index (κ2) is 10.6. The number of rotatable bonds is 9. The van der Waals surface area contributed by atoms with Crippen molar-refractivity contribution >= 4 is 33.3 Å². The first-order valence-corrected chi connectivity index (χ1v) is 11.5. The zero-order valence-corrected chi connectivity index (χ0v) is 20.3. The van der Waals surface area contributed by atoms with Crippen LogP contribution < -0.4 is 25.0 Å². The highest BCUT2D eigenvalue weighted by Gasteiger charge is 2.26. The second-order valence-corrected chi connectivity index (χ2v) is 8.75. The number of carbonyl (C=O) groups is 1. The number of carbonyl (C=O) groups excluding carboxylic acids is 1. The van der Waals surface area contributed by atoms with Crippen molar-refractivity contribution in [1.82, 2.24) is 20.4 Å². The molecule has 0 saturated carbocycles. The molecule has 180 valence electrons. The number of methoxy groups -OCH3 is 3. The number of aromatic nitrogens is 4. The summed E-state index contributed by atoms with van der Waals surface area (Å²) in [5.41, 5.74) is 1.49. The van der Waals surface area contributed by atoms with Crippen molar-refractivity contribution in [3.8, 4) is 11.5 Å². The molecule has 0 radical (unpaired) electrons. The van der Waals surface area contributed by atoms with Crippen molar-refractivity contribution in [1.29, 1.82) is 0 Å². The van der Waals surface area contributed by atoms with E-state index < -0.39 is 6.10 Å². The normalized spacial score (nSPS) is 16.2. The third-order valence-electron chi connectivity index (χ3n) is 5.43. The zero-order chi connectivity index (χ0) is 24.1. The van der Waals surface area contributed by atoms with Gasteiger partial charge >= 0.3 is 0 Å². The van der Waals surface area contributed by atoms with Crippen molar-refractivity contribution in [2.45, 2.75) is 25.5 Å². The summed E-state index contributed by atoms with van der Waals surface area (Å²) >= 11 is 1.27. The lowest BCUT2D eigenvalue weighted by atomic mass is 10.1. The van der Waals surface area contributed by atoms with E-state index >= 15 is 0 Å². The van der Waals surface area contributed by atoms with Gasteiger partial charge in [-0.2, -0.15) is 5.10 Å². The molecule has 3 heterocycles. The highest BCUT2D eigenvalue weighted by molar-refractivity contribution is 7.19. The van der Waals surface area contributed by atoms with Gasteiger partial charge in [0, 0.05) is 32.3 Å². The van der Waals surface area contributed by atoms with Gasteiger partial charge in [0.15, 0.2) is 11.9 Å². The van der Waals surface area contributed by atoms with Crippen LogP contribution in [0.1, 0.15) is 23.8 Å². The largest absolute Gasteiger partial charge is 0.497 e. The number of ether oxygens (including phenoxy) is 3. The van der Waals surface area contributed by atoms with E-state index in [4.69, 9.17) is 14.2 Å². The summed E-state index contributed by atoms with van der Waals surface area (Å²) in [6.45, 7) is 3.57. The third-order valence-corrected chi connectivity index (χ3v) is 6.20. The van der Waals surface area contributed by atoms with Gasteiger partial charge in [0.25, 0.3) is 5.91 Å². The average molecular weight is 486 g/mol. The molecule has 1 aliphatic rings. The van der Waals surface area contributed by atoms with Crippen molar-refractivity contribution in [3.63, 3.8) is 0 Å². The van der Waals surface area contributed by atoms with E-state index in [1.165, 1.54) is 18.4 Å². The smallest absolute Gasteiger partial charge is 0.259 e. The number of nitrogens with one attached hydrogen (secondary N) is 2. The Kier molecular flexibility index (Phi) is 7.38. The first-order chi connectivity index (χ1) is 16.5. The number of amides is 1. The van der Waals surface area contributed by atoms with Crippen molar-refractivity contribution in [2.75, 3.05) is 50.0 Å². The summed E-state index contributed by atoms with van der Waals surface area (Å²) in [5, 5.41) is 23.8. The Hall–Kier alpha value is -3.51. The predicted molar refractivity (Wildman–Crippen MR) is 129 cm³/mol. The highest BCUT2D eigenvalue weighted by Crippen LogP contribution is 2.30. The summed E-state index contributed by atoms with van der Waals surface area (Å²) < 4.78 is 16.0. The molecular formula is C22H27N7O4S. The summed E-state index contributed by atoms with van der Waals surface area (Å²) in [4.78, 5) is 15.1. The monoisotopic (exact) mass is 485 g/mol. The maximum absolute atomic E-state index is 12.9. The lowest BCUT2D eigenvalue weighted by Gasteiger charge is -2.17. The van der Waals surface area contributed by atoms with Crippen LogP contribution in [0.5, 0.6) is 11.5 Å². The molecule has 0 spiro atoms. The van der Waals surface area contributed by atoms with Crippen LogP contribution in [-0.4, -0.2) is 66.8 Å². The Bertz CT molecular complexity index is 1100. The molecule has 4 rings (SSSR count). The van der Waals surface area contributed by atoms with E-state index in [-0.39, 0.29) is 11.9 Å². The third kappa shape index (κ3) is 5.51. The molecule has 0 bridgehead atoms. The van der Waals surface area contributed by atoms with Crippen molar-refractivity contribution in [2.24, 2.45) is 0 Å². The van der Waals surface area contributed by atoms with E-state index in [0.717, 1.165) is 31.0 Å². The molecule has 2 unspecified atom stereocenters. The Morgan fingerprint density at radius 1 is 1.06 bits per heavy atom. The molecule has 12 heteroatoms. The quantitative estimate of drug-likeness (QED) is 0.467. The number of aryl methyl sites for hydroxylation is 1. The molecular weight excluding hydrogens is 458 g/mol. The van der Waals surface area contributed by atoms with Gasteiger partial charge in [-0.3, -0.25) is 10.1 Å². The molecule has 2 aromatic heterocycles. The van der Waals surface area contributed by atoms with Crippen molar-refractivity contribution in [3.05, 3.63) is 41.6 Å².